The van der Waals surface area contributed by atoms with Crippen LogP contribution in [0.25, 0.3) is 0 Å². The molecule has 1 aromatic heterocycles. The first kappa shape index (κ1) is 13.4. The lowest BCUT2D eigenvalue weighted by Crippen LogP contribution is -1.98. The van der Waals surface area contributed by atoms with Crippen molar-refractivity contribution in [3.63, 3.8) is 0 Å². The van der Waals surface area contributed by atoms with Crippen molar-refractivity contribution in [1.82, 2.24) is 9.97 Å². The van der Waals surface area contributed by atoms with Gasteiger partial charge >= 0.3 is 0 Å². The highest BCUT2D eigenvalue weighted by Crippen LogP contribution is 2.32. The number of halogens is 1. The number of rotatable bonds is 4. The standard InChI is InChI=1S/C14H15ClN2S/c1-10(2)12-13(15)16-9-17-14(12)18-8-11-6-4-3-5-7-11/h3-7,9-10H,8H2,1-2H3. The Labute approximate surface area is 117 Å². The molecule has 2 rings (SSSR count). The number of thioether (sulfide) groups is 1. The number of hydrogen-bond acceptors (Lipinski definition) is 3. The van der Waals surface area contributed by atoms with Crippen molar-refractivity contribution in [2.24, 2.45) is 0 Å². The van der Waals surface area contributed by atoms with Gasteiger partial charge in [-0.1, -0.05) is 55.8 Å². The average Bonchev–Trinajstić information content (AvgIpc) is 2.37. The van der Waals surface area contributed by atoms with Crippen LogP contribution in [0, 0.1) is 0 Å². The van der Waals surface area contributed by atoms with E-state index in [2.05, 4.69) is 35.9 Å². The van der Waals surface area contributed by atoms with Crippen LogP contribution in [0.4, 0.5) is 0 Å². The Balaban J connectivity index is 2.17. The van der Waals surface area contributed by atoms with E-state index < -0.39 is 0 Å². The molecule has 0 saturated carbocycles. The zero-order valence-electron chi connectivity index (χ0n) is 10.4. The van der Waals surface area contributed by atoms with E-state index in [0.29, 0.717) is 11.1 Å². The summed E-state index contributed by atoms with van der Waals surface area (Å²) in [6, 6.07) is 10.4. The molecule has 0 N–H and O–H groups in total. The van der Waals surface area contributed by atoms with E-state index in [1.165, 1.54) is 11.9 Å². The predicted molar refractivity (Wildman–Crippen MR) is 77.1 cm³/mol. The molecule has 1 heterocycles. The van der Waals surface area contributed by atoms with Crippen LogP contribution in [0.3, 0.4) is 0 Å². The highest BCUT2D eigenvalue weighted by Gasteiger charge is 2.13. The summed E-state index contributed by atoms with van der Waals surface area (Å²) in [5.41, 5.74) is 2.33. The lowest BCUT2D eigenvalue weighted by Gasteiger charge is -2.12. The largest absolute Gasteiger partial charge is 0.230 e. The van der Waals surface area contributed by atoms with Crippen LogP contribution >= 0.6 is 23.4 Å². The highest BCUT2D eigenvalue weighted by molar-refractivity contribution is 7.98. The van der Waals surface area contributed by atoms with Crippen molar-refractivity contribution < 1.29 is 0 Å². The second-order valence-corrected chi connectivity index (χ2v) is 5.63. The van der Waals surface area contributed by atoms with Gasteiger partial charge in [0.2, 0.25) is 0 Å². The Bertz CT molecular complexity index is 514. The van der Waals surface area contributed by atoms with E-state index >= 15 is 0 Å². The third-order valence-electron chi connectivity index (χ3n) is 2.59. The van der Waals surface area contributed by atoms with E-state index in [4.69, 9.17) is 11.6 Å². The van der Waals surface area contributed by atoms with Crippen molar-refractivity contribution in [3.8, 4) is 0 Å². The zero-order valence-corrected chi connectivity index (χ0v) is 12.0. The number of aromatic nitrogens is 2. The summed E-state index contributed by atoms with van der Waals surface area (Å²) in [4.78, 5) is 8.40. The summed E-state index contributed by atoms with van der Waals surface area (Å²) in [5.74, 6) is 1.23. The molecule has 0 aliphatic heterocycles. The third-order valence-corrected chi connectivity index (χ3v) is 3.97. The van der Waals surface area contributed by atoms with Gasteiger partial charge in [0.1, 0.15) is 16.5 Å². The smallest absolute Gasteiger partial charge is 0.137 e. The maximum atomic E-state index is 6.14. The second-order valence-electron chi connectivity index (χ2n) is 4.31. The van der Waals surface area contributed by atoms with Crippen LogP contribution in [0.15, 0.2) is 41.7 Å². The summed E-state index contributed by atoms with van der Waals surface area (Å²) in [6.45, 7) is 4.22. The van der Waals surface area contributed by atoms with Crippen molar-refractivity contribution in [2.75, 3.05) is 0 Å². The Morgan fingerprint density at radius 1 is 1.17 bits per heavy atom. The van der Waals surface area contributed by atoms with E-state index in [1.807, 2.05) is 18.2 Å². The van der Waals surface area contributed by atoms with Gasteiger partial charge in [-0.2, -0.15) is 0 Å². The first-order valence-corrected chi connectivity index (χ1v) is 7.22. The van der Waals surface area contributed by atoms with Crippen LogP contribution < -0.4 is 0 Å². The molecule has 94 valence electrons. The quantitative estimate of drug-likeness (QED) is 0.606. The van der Waals surface area contributed by atoms with Crippen LogP contribution in [-0.2, 0) is 5.75 Å². The van der Waals surface area contributed by atoms with Crippen LogP contribution in [-0.4, -0.2) is 9.97 Å². The summed E-state index contributed by atoms with van der Waals surface area (Å²) < 4.78 is 0. The van der Waals surface area contributed by atoms with Crippen molar-refractivity contribution >= 4 is 23.4 Å². The number of benzene rings is 1. The van der Waals surface area contributed by atoms with Crippen molar-refractivity contribution in [2.45, 2.75) is 30.5 Å². The minimum atomic E-state index is 0.331. The fourth-order valence-electron chi connectivity index (χ4n) is 1.69. The fourth-order valence-corrected chi connectivity index (χ4v) is 3.20. The van der Waals surface area contributed by atoms with Gasteiger partial charge in [-0.15, -0.1) is 11.8 Å². The molecule has 18 heavy (non-hydrogen) atoms. The molecule has 0 unspecified atom stereocenters. The highest BCUT2D eigenvalue weighted by atomic mass is 35.5. The molecular weight excluding hydrogens is 264 g/mol. The Morgan fingerprint density at radius 2 is 1.89 bits per heavy atom. The van der Waals surface area contributed by atoms with E-state index in [-0.39, 0.29) is 0 Å². The molecule has 0 fully saturated rings. The van der Waals surface area contributed by atoms with E-state index in [0.717, 1.165) is 16.3 Å². The molecule has 0 spiro atoms. The van der Waals surface area contributed by atoms with Crippen LogP contribution in [0.1, 0.15) is 30.9 Å². The third kappa shape index (κ3) is 3.24. The first-order valence-electron chi connectivity index (χ1n) is 5.85. The average molecular weight is 279 g/mol. The van der Waals surface area contributed by atoms with Crippen LogP contribution in [0.2, 0.25) is 5.15 Å². The van der Waals surface area contributed by atoms with Gasteiger partial charge < -0.3 is 0 Å². The fraction of sp³-hybridized carbons (Fsp3) is 0.286. The van der Waals surface area contributed by atoms with Crippen molar-refractivity contribution in [3.05, 3.63) is 52.9 Å². The first-order chi connectivity index (χ1) is 8.68. The summed E-state index contributed by atoms with van der Waals surface area (Å²) in [5, 5.41) is 1.55. The molecule has 0 atom stereocenters. The minimum Gasteiger partial charge on any atom is -0.230 e. The number of hydrogen-bond donors (Lipinski definition) is 0. The van der Waals surface area contributed by atoms with Crippen LogP contribution in [0.5, 0.6) is 0 Å². The number of nitrogens with zero attached hydrogens (tertiary/aromatic N) is 2. The maximum absolute atomic E-state index is 6.14. The molecular formula is C14H15ClN2S. The Kier molecular flexibility index (Phi) is 4.61. The maximum Gasteiger partial charge on any atom is 0.137 e. The summed E-state index contributed by atoms with van der Waals surface area (Å²) >= 11 is 7.85. The second kappa shape index (κ2) is 6.21. The predicted octanol–water partition coefficient (Wildman–Crippen LogP) is 4.55. The SMILES string of the molecule is CC(C)c1c(Cl)ncnc1SCc1ccccc1. The molecule has 1 aromatic carbocycles. The monoisotopic (exact) mass is 278 g/mol. The lowest BCUT2D eigenvalue weighted by atomic mass is 10.1. The van der Waals surface area contributed by atoms with Gasteiger partial charge in [0.05, 0.1) is 0 Å². The van der Waals surface area contributed by atoms with E-state index in [1.54, 1.807) is 11.8 Å². The molecule has 4 heteroatoms. The molecule has 0 bridgehead atoms. The molecule has 0 aliphatic carbocycles. The van der Waals surface area contributed by atoms with E-state index in [9.17, 15) is 0 Å². The Morgan fingerprint density at radius 3 is 2.56 bits per heavy atom. The van der Waals surface area contributed by atoms with Crippen molar-refractivity contribution in [1.29, 1.82) is 0 Å². The van der Waals surface area contributed by atoms with Gasteiger partial charge in [0.15, 0.2) is 0 Å². The topological polar surface area (TPSA) is 25.8 Å². The van der Waals surface area contributed by atoms with Gasteiger partial charge in [0, 0.05) is 11.3 Å². The summed E-state index contributed by atoms with van der Waals surface area (Å²) in [6.07, 6.45) is 1.53. The molecule has 0 amide bonds. The zero-order chi connectivity index (χ0) is 13.0. The molecule has 2 aromatic rings. The normalized spacial score (nSPS) is 10.9. The Hall–Kier alpha value is -1.06. The van der Waals surface area contributed by atoms with Gasteiger partial charge in [-0.25, -0.2) is 9.97 Å². The van der Waals surface area contributed by atoms with Gasteiger partial charge in [0.25, 0.3) is 0 Å². The molecule has 0 aliphatic rings. The molecule has 0 saturated heterocycles. The molecule has 0 radical (unpaired) electrons. The minimum absolute atomic E-state index is 0.331. The molecule has 2 nitrogen and oxygen atoms in total. The summed E-state index contributed by atoms with van der Waals surface area (Å²) in [7, 11) is 0. The van der Waals surface area contributed by atoms with Gasteiger partial charge in [-0.05, 0) is 11.5 Å². The van der Waals surface area contributed by atoms with Gasteiger partial charge in [-0.3, -0.25) is 0 Å². The lowest BCUT2D eigenvalue weighted by molar-refractivity contribution is 0.803.